The first-order chi connectivity index (χ1) is 7.61. The fourth-order valence-electron chi connectivity index (χ4n) is 2.82. The number of hydrogen-bond donors (Lipinski definition) is 0. The SMILES string of the molecule is O=C(Cl)N1CCCC1C1CCCN1C(=O)Cl. The van der Waals surface area contributed by atoms with Crippen LogP contribution in [0.2, 0.25) is 0 Å². The van der Waals surface area contributed by atoms with Crippen LogP contribution in [-0.4, -0.2) is 45.7 Å². The van der Waals surface area contributed by atoms with Crippen molar-refractivity contribution in [3.05, 3.63) is 0 Å². The summed E-state index contributed by atoms with van der Waals surface area (Å²) in [6.07, 6.45) is 3.71. The standard InChI is InChI=1S/C10H14Cl2N2O2/c11-9(15)13-5-1-3-7(13)8-4-2-6-14(8)10(12)16/h7-8H,1-6H2. The van der Waals surface area contributed by atoms with Crippen LogP contribution in [-0.2, 0) is 0 Å². The van der Waals surface area contributed by atoms with Gasteiger partial charge in [-0.25, -0.2) is 0 Å². The van der Waals surface area contributed by atoms with Gasteiger partial charge in [-0.2, -0.15) is 0 Å². The highest BCUT2D eigenvalue weighted by Crippen LogP contribution is 2.31. The summed E-state index contributed by atoms with van der Waals surface area (Å²) in [6, 6.07) is 0.102. The van der Waals surface area contributed by atoms with Gasteiger partial charge in [0, 0.05) is 13.1 Å². The third-order valence-corrected chi connectivity index (χ3v) is 3.93. The molecule has 0 radical (unpaired) electrons. The van der Waals surface area contributed by atoms with Crippen molar-refractivity contribution in [3.63, 3.8) is 0 Å². The maximum Gasteiger partial charge on any atom is 0.316 e. The summed E-state index contributed by atoms with van der Waals surface area (Å²) in [6.45, 7) is 1.38. The Morgan fingerprint density at radius 3 is 1.56 bits per heavy atom. The van der Waals surface area contributed by atoms with Gasteiger partial charge < -0.3 is 9.80 Å². The smallest absolute Gasteiger partial charge is 0.316 e. The number of likely N-dealkylation sites (tertiary alicyclic amines) is 2. The highest BCUT2D eigenvalue weighted by Gasteiger charge is 2.40. The van der Waals surface area contributed by atoms with Crippen LogP contribution >= 0.6 is 23.2 Å². The van der Waals surface area contributed by atoms with Gasteiger partial charge in [-0.15, -0.1) is 0 Å². The summed E-state index contributed by atoms with van der Waals surface area (Å²) in [5, 5.41) is -0.840. The van der Waals surface area contributed by atoms with Gasteiger partial charge in [0.25, 0.3) is 0 Å². The molecule has 0 aliphatic carbocycles. The third kappa shape index (κ3) is 2.13. The van der Waals surface area contributed by atoms with E-state index in [1.807, 2.05) is 0 Å². The Hall–Kier alpha value is -0.480. The monoisotopic (exact) mass is 264 g/mol. The van der Waals surface area contributed by atoms with Crippen molar-refractivity contribution in [1.82, 2.24) is 9.80 Å². The van der Waals surface area contributed by atoms with E-state index in [0.29, 0.717) is 13.1 Å². The molecule has 2 rings (SSSR count). The van der Waals surface area contributed by atoms with Crippen molar-refractivity contribution >= 4 is 33.9 Å². The lowest BCUT2D eigenvalue weighted by molar-refractivity contribution is 0.165. The Morgan fingerprint density at radius 2 is 1.25 bits per heavy atom. The molecule has 2 aliphatic heterocycles. The van der Waals surface area contributed by atoms with Crippen LogP contribution in [0.1, 0.15) is 25.7 Å². The molecular formula is C10H14Cl2N2O2. The van der Waals surface area contributed by atoms with E-state index in [1.165, 1.54) is 0 Å². The van der Waals surface area contributed by atoms with Gasteiger partial charge in [-0.3, -0.25) is 9.59 Å². The lowest BCUT2D eigenvalue weighted by Gasteiger charge is -2.32. The number of amides is 2. The molecule has 4 nitrogen and oxygen atoms in total. The zero-order chi connectivity index (χ0) is 11.7. The van der Waals surface area contributed by atoms with E-state index in [1.54, 1.807) is 9.80 Å². The lowest BCUT2D eigenvalue weighted by atomic mass is 10.0. The van der Waals surface area contributed by atoms with Crippen molar-refractivity contribution in [3.8, 4) is 0 Å². The van der Waals surface area contributed by atoms with Gasteiger partial charge in [-0.05, 0) is 48.9 Å². The molecule has 0 aromatic rings. The predicted octanol–water partition coefficient (Wildman–Crippen LogP) is 2.63. The molecule has 0 spiro atoms. The quantitative estimate of drug-likeness (QED) is 0.540. The van der Waals surface area contributed by atoms with Crippen LogP contribution < -0.4 is 0 Å². The average Bonchev–Trinajstić information content (AvgIpc) is 2.85. The second-order valence-corrected chi connectivity index (χ2v) is 4.96. The van der Waals surface area contributed by atoms with Gasteiger partial charge in [0.15, 0.2) is 0 Å². The van der Waals surface area contributed by atoms with Gasteiger partial charge in [-0.1, -0.05) is 0 Å². The maximum atomic E-state index is 11.2. The number of hydrogen-bond acceptors (Lipinski definition) is 2. The summed E-state index contributed by atoms with van der Waals surface area (Å²) in [7, 11) is 0. The fourth-order valence-corrected chi connectivity index (χ4v) is 3.24. The van der Waals surface area contributed by atoms with E-state index in [4.69, 9.17) is 23.2 Å². The van der Waals surface area contributed by atoms with Crippen LogP contribution in [0.5, 0.6) is 0 Å². The highest BCUT2D eigenvalue weighted by atomic mass is 35.5. The van der Waals surface area contributed by atoms with E-state index in [0.717, 1.165) is 25.7 Å². The van der Waals surface area contributed by atoms with E-state index in [-0.39, 0.29) is 12.1 Å². The topological polar surface area (TPSA) is 40.6 Å². The minimum atomic E-state index is -0.420. The van der Waals surface area contributed by atoms with Crippen molar-refractivity contribution in [2.75, 3.05) is 13.1 Å². The Balaban J connectivity index is 2.11. The summed E-state index contributed by atoms with van der Waals surface area (Å²) in [4.78, 5) is 25.8. The Morgan fingerprint density at radius 1 is 0.875 bits per heavy atom. The first-order valence-electron chi connectivity index (χ1n) is 5.53. The molecule has 2 unspecified atom stereocenters. The van der Waals surface area contributed by atoms with Crippen molar-refractivity contribution in [2.45, 2.75) is 37.8 Å². The molecule has 2 heterocycles. The summed E-state index contributed by atoms with van der Waals surface area (Å²) >= 11 is 11.1. The maximum absolute atomic E-state index is 11.2. The summed E-state index contributed by atoms with van der Waals surface area (Å²) in [5.41, 5.74) is 0. The molecule has 0 N–H and O–H groups in total. The third-order valence-electron chi connectivity index (χ3n) is 3.49. The van der Waals surface area contributed by atoms with E-state index in [9.17, 15) is 9.59 Å². The van der Waals surface area contributed by atoms with Gasteiger partial charge in [0.2, 0.25) is 0 Å². The van der Waals surface area contributed by atoms with Gasteiger partial charge in [0.05, 0.1) is 12.1 Å². The molecule has 0 aromatic carbocycles. The largest absolute Gasteiger partial charge is 0.324 e. The van der Waals surface area contributed by atoms with Crippen LogP contribution in [0.25, 0.3) is 0 Å². The number of rotatable bonds is 1. The molecular weight excluding hydrogens is 251 g/mol. The van der Waals surface area contributed by atoms with E-state index < -0.39 is 10.7 Å². The first kappa shape index (κ1) is 12.0. The molecule has 0 aromatic heterocycles. The Labute approximate surface area is 104 Å². The molecule has 90 valence electrons. The molecule has 2 amide bonds. The van der Waals surface area contributed by atoms with Gasteiger partial charge >= 0.3 is 10.7 Å². The zero-order valence-electron chi connectivity index (χ0n) is 8.86. The summed E-state index contributed by atoms with van der Waals surface area (Å²) in [5.74, 6) is 0. The zero-order valence-corrected chi connectivity index (χ0v) is 10.4. The van der Waals surface area contributed by atoms with Crippen molar-refractivity contribution in [1.29, 1.82) is 0 Å². The fraction of sp³-hybridized carbons (Fsp3) is 0.800. The van der Waals surface area contributed by atoms with Crippen LogP contribution in [0.3, 0.4) is 0 Å². The number of carbonyl (C=O) groups is 2. The van der Waals surface area contributed by atoms with Gasteiger partial charge in [0.1, 0.15) is 0 Å². The number of halogens is 2. The predicted molar refractivity (Wildman–Crippen MR) is 62.0 cm³/mol. The minimum Gasteiger partial charge on any atom is -0.324 e. The van der Waals surface area contributed by atoms with E-state index in [2.05, 4.69) is 0 Å². The molecule has 2 saturated heterocycles. The van der Waals surface area contributed by atoms with Crippen LogP contribution in [0.4, 0.5) is 9.59 Å². The highest BCUT2D eigenvalue weighted by molar-refractivity contribution is 6.63. The average molecular weight is 265 g/mol. The molecule has 16 heavy (non-hydrogen) atoms. The van der Waals surface area contributed by atoms with E-state index >= 15 is 0 Å². The van der Waals surface area contributed by atoms with Crippen molar-refractivity contribution < 1.29 is 9.59 Å². The molecule has 2 aliphatic rings. The van der Waals surface area contributed by atoms with Crippen molar-refractivity contribution in [2.24, 2.45) is 0 Å². The minimum absolute atomic E-state index is 0.0511. The normalized spacial score (nSPS) is 29.9. The summed E-state index contributed by atoms with van der Waals surface area (Å²) < 4.78 is 0. The van der Waals surface area contributed by atoms with Crippen LogP contribution in [0.15, 0.2) is 0 Å². The lowest BCUT2D eigenvalue weighted by Crippen LogP contribution is -2.47. The first-order valence-corrected chi connectivity index (χ1v) is 6.29. The number of carbonyl (C=O) groups excluding carboxylic acids is 2. The Kier molecular flexibility index (Phi) is 3.60. The molecule has 0 bridgehead atoms. The molecule has 6 heteroatoms. The molecule has 0 saturated carbocycles. The Bertz CT molecular complexity index is 281. The number of nitrogens with zero attached hydrogens (tertiary/aromatic N) is 2. The van der Waals surface area contributed by atoms with Crippen LogP contribution in [0, 0.1) is 0 Å². The molecule has 2 atom stereocenters. The second kappa shape index (κ2) is 4.80. The molecule has 2 fully saturated rings. The second-order valence-electron chi connectivity index (χ2n) is 4.31.